The average molecular weight is 415 g/mol. The lowest BCUT2D eigenvalue weighted by atomic mass is 10.0. The van der Waals surface area contributed by atoms with Crippen LogP contribution in [0.15, 0.2) is 58.5 Å². The molecule has 29 heavy (non-hydrogen) atoms. The van der Waals surface area contributed by atoms with Crippen LogP contribution in [-0.4, -0.2) is 32.3 Å². The second-order valence-corrected chi connectivity index (χ2v) is 9.61. The highest BCUT2D eigenvalue weighted by molar-refractivity contribution is 7.96. The Morgan fingerprint density at radius 1 is 1.07 bits per heavy atom. The van der Waals surface area contributed by atoms with Crippen LogP contribution in [0, 0.1) is 5.82 Å². The molecule has 1 fully saturated rings. The minimum atomic E-state index is -4.04. The number of carbonyl (C=O) groups is 1. The molecular formula is C22H23FN2O3S. The molecule has 152 valence electrons. The molecule has 2 aromatic rings. The Morgan fingerprint density at radius 2 is 1.79 bits per heavy atom. The summed E-state index contributed by atoms with van der Waals surface area (Å²) in [7, 11) is -4.04. The van der Waals surface area contributed by atoms with Crippen molar-refractivity contribution in [1.82, 2.24) is 4.90 Å². The minimum Gasteiger partial charge on any atom is -0.338 e. The number of anilines is 2. The van der Waals surface area contributed by atoms with Crippen LogP contribution >= 0.6 is 0 Å². The van der Waals surface area contributed by atoms with Gasteiger partial charge in [-0.3, -0.25) is 4.79 Å². The molecule has 0 spiro atoms. The highest BCUT2D eigenvalue weighted by atomic mass is 32.2. The lowest BCUT2D eigenvalue weighted by Gasteiger charge is -2.30. The molecule has 0 aliphatic carbocycles. The number of hydrogen-bond acceptors (Lipinski definition) is 4. The van der Waals surface area contributed by atoms with Crippen LogP contribution in [0.25, 0.3) is 0 Å². The Kier molecular flexibility index (Phi) is 4.94. The fourth-order valence-electron chi connectivity index (χ4n) is 3.77. The van der Waals surface area contributed by atoms with Crippen LogP contribution in [-0.2, 0) is 14.6 Å². The van der Waals surface area contributed by atoms with Crippen molar-refractivity contribution in [3.8, 4) is 0 Å². The molecule has 2 aliphatic rings. The molecule has 2 aliphatic heterocycles. The van der Waals surface area contributed by atoms with Crippen molar-refractivity contribution in [2.75, 3.05) is 18.0 Å². The number of carbonyl (C=O) groups excluding carboxylic acids is 1. The number of halogens is 1. The molecule has 7 heteroatoms. The summed E-state index contributed by atoms with van der Waals surface area (Å²) in [6.07, 6.45) is 3.07. The maximum absolute atomic E-state index is 14.0. The van der Waals surface area contributed by atoms with Gasteiger partial charge in [0.1, 0.15) is 5.82 Å². The zero-order valence-corrected chi connectivity index (χ0v) is 17.2. The number of amides is 1. The van der Waals surface area contributed by atoms with Crippen LogP contribution in [0.5, 0.6) is 0 Å². The first kappa shape index (κ1) is 19.6. The lowest BCUT2D eigenvalue weighted by Crippen LogP contribution is -2.35. The van der Waals surface area contributed by atoms with Crippen LogP contribution in [0.4, 0.5) is 15.8 Å². The summed E-state index contributed by atoms with van der Waals surface area (Å²) in [4.78, 5) is 15.9. The Hall–Kier alpha value is -2.67. The first-order chi connectivity index (χ1) is 13.8. The maximum atomic E-state index is 14.0. The van der Waals surface area contributed by atoms with E-state index < -0.39 is 21.6 Å². The third kappa shape index (κ3) is 3.44. The number of likely N-dealkylation sites (tertiary alicyclic amines) is 1. The SMILES string of the molecule is CC(C)c1cccc(N2C=C(C(=O)N3CCCC3)S(=O)(=O)c3ccc(F)cc32)c1. The number of sulfone groups is 1. The Labute approximate surface area is 170 Å². The molecule has 2 heterocycles. The van der Waals surface area contributed by atoms with E-state index in [-0.39, 0.29) is 21.4 Å². The van der Waals surface area contributed by atoms with Gasteiger partial charge in [0.2, 0.25) is 9.84 Å². The molecule has 5 nitrogen and oxygen atoms in total. The first-order valence-electron chi connectivity index (χ1n) is 9.74. The minimum absolute atomic E-state index is 0.0566. The van der Waals surface area contributed by atoms with E-state index in [9.17, 15) is 17.6 Å². The summed E-state index contributed by atoms with van der Waals surface area (Å²) in [5.41, 5.74) is 1.96. The molecule has 0 aromatic heterocycles. The van der Waals surface area contributed by atoms with Gasteiger partial charge in [0.05, 0.1) is 10.6 Å². The van der Waals surface area contributed by atoms with E-state index in [1.165, 1.54) is 18.3 Å². The molecule has 0 saturated carbocycles. The van der Waals surface area contributed by atoms with Crippen LogP contribution in [0.1, 0.15) is 38.2 Å². The normalized spacial score (nSPS) is 18.0. The van der Waals surface area contributed by atoms with Crippen molar-refractivity contribution in [2.45, 2.75) is 37.5 Å². The van der Waals surface area contributed by atoms with Crippen molar-refractivity contribution in [3.05, 3.63) is 65.0 Å². The molecule has 0 bridgehead atoms. The predicted molar refractivity (Wildman–Crippen MR) is 110 cm³/mol. The molecule has 0 atom stereocenters. The van der Waals surface area contributed by atoms with E-state index in [2.05, 4.69) is 13.8 Å². The Morgan fingerprint density at radius 3 is 2.48 bits per heavy atom. The van der Waals surface area contributed by atoms with Gasteiger partial charge in [-0.15, -0.1) is 0 Å². The maximum Gasteiger partial charge on any atom is 0.267 e. The fourth-order valence-corrected chi connectivity index (χ4v) is 5.29. The van der Waals surface area contributed by atoms with Crippen molar-refractivity contribution < 1.29 is 17.6 Å². The van der Waals surface area contributed by atoms with Gasteiger partial charge in [-0.1, -0.05) is 26.0 Å². The van der Waals surface area contributed by atoms with Gasteiger partial charge < -0.3 is 9.80 Å². The van der Waals surface area contributed by atoms with E-state index in [4.69, 9.17) is 0 Å². The molecule has 4 rings (SSSR count). The van der Waals surface area contributed by atoms with Gasteiger partial charge in [0, 0.05) is 25.0 Å². The second kappa shape index (κ2) is 7.30. The Bertz CT molecular complexity index is 1100. The molecule has 1 amide bonds. The van der Waals surface area contributed by atoms with Gasteiger partial charge in [0.15, 0.2) is 4.91 Å². The van der Waals surface area contributed by atoms with Crippen molar-refractivity contribution >= 4 is 27.1 Å². The molecule has 2 aromatic carbocycles. The zero-order chi connectivity index (χ0) is 20.8. The number of nitrogens with zero attached hydrogens (tertiary/aromatic N) is 2. The molecule has 1 saturated heterocycles. The fraction of sp³-hybridized carbons (Fsp3) is 0.318. The summed E-state index contributed by atoms with van der Waals surface area (Å²) in [5.74, 6) is -0.765. The number of hydrogen-bond donors (Lipinski definition) is 0. The highest BCUT2D eigenvalue weighted by Crippen LogP contribution is 2.41. The number of benzene rings is 2. The summed E-state index contributed by atoms with van der Waals surface area (Å²) < 4.78 is 40.4. The largest absolute Gasteiger partial charge is 0.338 e. The standard InChI is InChI=1S/C22H23FN2O3S/c1-15(2)16-6-5-7-18(12-16)25-14-21(22(26)24-10-3-4-11-24)29(27,28)20-9-8-17(23)13-19(20)25/h5-9,12-15H,3-4,10-11H2,1-2H3. The van der Waals surface area contributed by atoms with E-state index in [1.54, 1.807) is 9.80 Å². The molecule has 0 radical (unpaired) electrons. The number of rotatable bonds is 3. The monoisotopic (exact) mass is 414 g/mol. The van der Waals surface area contributed by atoms with E-state index >= 15 is 0 Å². The summed E-state index contributed by atoms with van der Waals surface area (Å²) in [5, 5.41) is 0. The Balaban J connectivity index is 1.90. The van der Waals surface area contributed by atoms with Crippen molar-refractivity contribution in [3.63, 3.8) is 0 Å². The van der Waals surface area contributed by atoms with Crippen LogP contribution < -0.4 is 4.90 Å². The van der Waals surface area contributed by atoms with Gasteiger partial charge in [-0.05, 0) is 54.7 Å². The van der Waals surface area contributed by atoms with Crippen molar-refractivity contribution in [2.24, 2.45) is 0 Å². The lowest BCUT2D eigenvalue weighted by molar-refractivity contribution is -0.125. The molecule has 0 N–H and O–H groups in total. The summed E-state index contributed by atoms with van der Waals surface area (Å²) in [6, 6.07) is 11.2. The molecule has 0 unspecified atom stereocenters. The quantitative estimate of drug-likeness (QED) is 0.701. The summed E-state index contributed by atoms with van der Waals surface area (Å²) in [6.45, 7) is 5.22. The van der Waals surface area contributed by atoms with Crippen molar-refractivity contribution in [1.29, 1.82) is 0 Å². The topological polar surface area (TPSA) is 57.7 Å². The second-order valence-electron chi connectivity index (χ2n) is 7.73. The van der Waals surface area contributed by atoms with Crippen LogP contribution in [0.2, 0.25) is 0 Å². The van der Waals surface area contributed by atoms with E-state index in [0.29, 0.717) is 18.8 Å². The smallest absolute Gasteiger partial charge is 0.267 e. The number of fused-ring (bicyclic) bond motifs is 1. The third-order valence-corrected chi connectivity index (χ3v) is 7.21. The zero-order valence-electron chi connectivity index (χ0n) is 16.4. The van der Waals surface area contributed by atoms with E-state index in [1.807, 2.05) is 24.3 Å². The van der Waals surface area contributed by atoms with Gasteiger partial charge >= 0.3 is 0 Å². The van der Waals surface area contributed by atoms with Crippen LogP contribution in [0.3, 0.4) is 0 Å². The average Bonchev–Trinajstić information content (AvgIpc) is 3.22. The predicted octanol–water partition coefficient (Wildman–Crippen LogP) is 4.34. The van der Waals surface area contributed by atoms with Gasteiger partial charge in [0.25, 0.3) is 5.91 Å². The summed E-state index contributed by atoms with van der Waals surface area (Å²) >= 11 is 0. The first-order valence-corrected chi connectivity index (χ1v) is 11.2. The highest BCUT2D eigenvalue weighted by Gasteiger charge is 2.38. The third-order valence-electron chi connectivity index (χ3n) is 5.43. The van der Waals surface area contributed by atoms with E-state index in [0.717, 1.165) is 24.5 Å². The molecular weight excluding hydrogens is 391 g/mol. The van der Waals surface area contributed by atoms with Gasteiger partial charge in [-0.2, -0.15) is 0 Å². The van der Waals surface area contributed by atoms with Gasteiger partial charge in [-0.25, -0.2) is 12.8 Å².